The number of nitrogens with one attached hydrogen (secondary N) is 1. The van der Waals surface area contributed by atoms with Gasteiger partial charge in [-0.05, 0) is 32.7 Å². The summed E-state index contributed by atoms with van der Waals surface area (Å²) < 4.78 is 22.5. The summed E-state index contributed by atoms with van der Waals surface area (Å²) in [5.41, 5.74) is 0.176. The number of sulfone groups is 1. The summed E-state index contributed by atoms with van der Waals surface area (Å²) in [5, 5.41) is 3.66. The third kappa shape index (κ3) is 5.79. The normalized spacial score (nSPS) is 29.6. The van der Waals surface area contributed by atoms with Gasteiger partial charge in [0, 0.05) is 30.9 Å². The van der Waals surface area contributed by atoms with Gasteiger partial charge in [0.25, 0.3) is 0 Å². The summed E-state index contributed by atoms with van der Waals surface area (Å²) in [6.45, 7) is 9.63. The average Bonchev–Trinajstić information content (AvgIpc) is 2.31. The average molecular weight is 290 g/mol. The van der Waals surface area contributed by atoms with Gasteiger partial charge >= 0.3 is 0 Å². The Balaban J connectivity index is 2.56. The highest BCUT2D eigenvalue weighted by Crippen LogP contribution is 2.21. The van der Waals surface area contributed by atoms with Crippen LogP contribution < -0.4 is 5.32 Å². The fraction of sp³-hybridized carbons (Fsp3) is 1.00. The van der Waals surface area contributed by atoms with E-state index in [0.29, 0.717) is 11.8 Å². The molecule has 1 fully saturated rings. The van der Waals surface area contributed by atoms with E-state index in [1.165, 1.54) is 19.1 Å². The van der Waals surface area contributed by atoms with Gasteiger partial charge in [0.1, 0.15) is 9.84 Å². The molecule has 0 bridgehead atoms. The van der Waals surface area contributed by atoms with Crippen molar-refractivity contribution in [1.29, 1.82) is 0 Å². The van der Waals surface area contributed by atoms with E-state index in [4.69, 9.17) is 0 Å². The molecule has 0 amide bonds. The molecule has 1 aliphatic rings. The molecule has 0 saturated carbocycles. The highest BCUT2D eigenvalue weighted by Gasteiger charge is 2.33. The molecule has 2 unspecified atom stereocenters. The van der Waals surface area contributed by atoms with Crippen molar-refractivity contribution in [2.75, 3.05) is 31.6 Å². The quantitative estimate of drug-likeness (QED) is 0.775. The number of hydrogen-bond acceptors (Lipinski definition) is 4. The van der Waals surface area contributed by atoms with E-state index in [-0.39, 0.29) is 5.54 Å². The molecule has 4 nitrogen and oxygen atoms in total. The van der Waals surface area contributed by atoms with Crippen molar-refractivity contribution in [3.8, 4) is 0 Å². The van der Waals surface area contributed by atoms with E-state index < -0.39 is 9.84 Å². The van der Waals surface area contributed by atoms with Gasteiger partial charge in [-0.25, -0.2) is 8.42 Å². The van der Waals surface area contributed by atoms with Gasteiger partial charge < -0.3 is 5.32 Å². The fourth-order valence-corrected chi connectivity index (χ4v) is 3.43. The Morgan fingerprint density at radius 2 is 2.05 bits per heavy atom. The SMILES string of the molecule is CCCC1CNC(C)(CC)CN1CCCS(C)(=O)=O. The minimum atomic E-state index is -2.83. The molecule has 1 rings (SSSR count). The third-order valence-corrected chi connectivity index (χ3v) is 5.23. The molecule has 0 aromatic rings. The molecule has 0 radical (unpaired) electrons. The van der Waals surface area contributed by atoms with E-state index in [9.17, 15) is 8.42 Å². The van der Waals surface area contributed by atoms with Crippen LogP contribution >= 0.6 is 0 Å². The molecule has 0 aliphatic carbocycles. The van der Waals surface area contributed by atoms with Gasteiger partial charge in [-0.3, -0.25) is 4.90 Å². The molecule has 1 N–H and O–H groups in total. The van der Waals surface area contributed by atoms with Gasteiger partial charge in [0.2, 0.25) is 0 Å². The highest BCUT2D eigenvalue weighted by atomic mass is 32.2. The lowest BCUT2D eigenvalue weighted by Crippen LogP contribution is -2.62. The lowest BCUT2D eigenvalue weighted by atomic mass is 9.92. The predicted molar refractivity (Wildman–Crippen MR) is 81.3 cm³/mol. The first kappa shape index (κ1) is 16.9. The van der Waals surface area contributed by atoms with Crippen LogP contribution in [0.2, 0.25) is 0 Å². The molecule has 1 heterocycles. The Morgan fingerprint density at radius 3 is 2.58 bits per heavy atom. The summed E-state index contributed by atoms with van der Waals surface area (Å²) in [7, 11) is -2.83. The molecular formula is C14H30N2O2S. The van der Waals surface area contributed by atoms with Crippen molar-refractivity contribution in [2.24, 2.45) is 0 Å². The maximum atomic E-state index is 11.2. The molecule has 19 heavy (non-hydrogen) atoms. The Labute approximate surface area is 118 Å². The fourth-order valence-electron chi connectivity index (χ4n) is 2.77. The van der Waals surface area contributed by atoms with E-state index in [0.717, 1.165) is 32.5 Å². The van der Waals surface area contributed by atoms with Crippen LogP contribution in [0.3, 0.4) is 0 Å². The minimum absolute atomic E-state index is 0.176. The van der Waals surface area contributed by atoms with Gasteiger partial charge in [-0.2, -0.15) is 0 Å². The number of hydrogen-bond donors (Lipinski definition) is 1. The maximum absolute atomic E-state index is 11.2. The molecule has 1 aliphatic heterocycles. The monoisotopic (exact) mass is 290 g/mol. The van der Waals surface area contributed by atoms with Crippen LogP contribution in [0.25, 0.3) is 0 Å². The van der Waals surface area contributed by atoms with Crippen LogP contribution in [0, 0.1) is 0 Å². The molecule has 0 spiro atoms. The minimum Gasteiger partial charge on any atom is -0.309 e. The largest absolute Gasteiger partial charge is 0.309 e. The summed E-state index contributed by atoms with van der Waals surface area (Å²) >= 11 is 0. The van der Waals surface area contributed by atoms with Crippen molar-refractivity contribution in [3.05, 3.63) is 0 Å². The number of rotatable bonds is 7. The van der Waals surface area contributed by atoms with Crippen molar-refractivity contribution < 1.29 is 8.42 Å². The van der Waals surface area contributed by atoms with Gasteiger partial charge in [0.05, 0.1) is 5.75 Å². The Hall–Kier alpha value is -0.130. The second kappa shape index (κ2) is 7.04. The first-order chi connectivity index (χ1) is 8.79. The van der Waals surface area contributed by atoms with Crippen LogP contribution in [0.15, 0.2) is 0 Å². The van der Waals surface area contributed by atoms with Gasteiger partial charge in [-0.1, -0.05) is 20.3 Å². The van der Waals surface area contributed by atoms with Crippen molar-refractivity contribution >= 4 is 9.84 Å². The van der Waals surface area contributed by atoms with Crippen LogP contribution in [-0.2, 0) is 9.84 Å². The molecule has 5 heteroatoms. The van der Waals surface area contributed by atoms with E-state index in [2.05, 4.69) is 31.0 Å². The third-order valence-electron chi connectivity index (χ3n) is 4.20. The van der Waals surface area contributed by atoms with Gasteiger partial charge in [0.15, 0.2) is 0 Å². The lowest BCUT2D eigenvalue weighted by Gasteiger charge is -2.46. The number of nitrogens with zero attached hydrogens (tertiary/aromatic N) is 1. The zero-order valence-electron chi connectivity index (χ0n) is 12.9. The summed E-state index contributed by atoms with van der Waals surface area (Å²) in [5.74, 6) is 0.304. The Kier molecular flexibility index (Phi) is 6.27. The first-order valence-corrected chi connectivity index (χ1v) is 9.52. The predicted octanol–water partition coefficient (Wildman–Crippen LogP) is 1.66. The summed E-state index contributed by atoms with van der Waals surface area (Å²) in [6, 6.07) is 0.559. The molecule has 114 valence electrons. The molecule has 0 aromatic carbocycles. The molecule has 0 aromatic heterocycles. The smallest absolute Gasteiger partial charge is 0.147 e. The van der Waals surface area contributed by atoms with Crippen molar-refractivity contribution in [1.82, 2.24) is 10.2 Å². The Morgan fingerprint density at radius 1 is 1.37 bits per heavy atom. The highest BCUT2D eigenvalue weighted by molar-refractivity contribution is 7.90. The first-order valence-electron chi connectivity index (χ1n) is 7.46. The van der Waals surface area contributed by atoms with E-state index in [1.54, 1.807) is 0 Å². The van der Waals surface area contributed by atoms with Gasteiger partial charge in [-0.15, -0.1) is 0 Å². The van der Waals surface area contributed by atoms with Crippen LogP contribution in [0.4, 0.5) is 0 Å². The van der Waals surface area contributed by atoms with Crippen LogP contribution in [-0.4, -0.2) is 56.5 Å². The van der Waals surface area contributed by atoms with Crippen molar-refractivity contribution in [3.63, 3.8) is 0 Å². The topological polar surface area (TPSA) is 49.4 Å². The van der Waals surface area contributed by atoms with Crippen molar-refractivity contribution in [2.45, 2.75) is 58.0 Å². The maximum Gasteiger partial charge on any atom is 0.147 e. The zero-order chi connectivity index (χ0) is 14.5. The standard InChI is InChI=1S/C14H30N2O2S/c1-5-8-13-11-15-14(3,6-2)12-16(13)9-7-10-19(4,17)18/h13,15H,5-12H2,1-4H3. The van der Waals surface area contributed by atoms with E-state index in [1.807, 2.05) is 0 Å². The zero-order valence-corrected chi connectivity index (χ0v) is 13.7. The van der Waals surface area contributed by atoms with Crippen LogP contribution in [0.5, 0.6) is 0 Å². The van der Waals surface area contributed by atoms with E-state index >= 15 is 0 Å². The molecular weight excluding hydrogens is 260 g/mol. The number of piperazine rings is 1. The Bertz CT molecular complexity index is 370. The second-order valence-electron chi connectivity index (χ2n) is 6.19. The molecule has 1 saturated heterocycles. The van der Waals surface area contributed by atoms with Crippen LogP contribution in [0.1, 0.15) is 46.5 Å². The lowest BCUT2D eigenvalue weighted by molar-refractivity contribution is 0.0795. The molecule has 2 atom stereocenters. The second-order valence-corrected chi connectivity index (χ2v) is 8.45. The summed E-state index contributed by atoms with van der Waals surface area (Å²) in [6.07, 6.45) is 5.54. The summed E-state index contributed by atoms with van der Waals surface area (Å²) in [4.78, 5) is 2.49.